The Morgan fingerprint density at radius 1 is 1.00 bits per heavy atom. The number of rotatable bonds is 7. The van der Waals surface area contributed by atoms with Crippen LogP contribution < -0.4 is 10.0 Å². The normalized spacial score (nSPS) is 10.7. The van der Waals surface area contributed by atoms with Gasteiger partial charge in [0.15, 0.2) is 12.4 Å². The third-order valence-electron chi connectivity index (χ3n) is 3.30. The Morgan fingerprint density at radius 2 is 1.63 bits per heavy atom. The Balaban J connectivity index is 2.03. The number of hydrogen-bond acceptors (Lipinski definition) is 6. The summed E-state index contributed by atoms with van der Waals surface area (Å²) in [5, 5.41) is 2.58. The van der Waals surface area contributed by atoms with Crippen molar-refractivity contribution in [3.63, 3.8) is 0 Å². The molecule has 1 amide bonds. The lowest BCUT2D eigenvalue weighted by Gasteiger charge is -2.10. The molecule has 0 atom stereocenters. The van der Waals surface area contributed by atoms with Gasteiger partial charge < -0.3 is 10.1 Å². The number of ketones is 1. The summed E-state index contributed by atoms with van der Waals surface area (Å²) >= 11 is 0. The summed E-state index contributed by atoms with van der Waals surface area (Å²) in [6, 6.07) is 12.0. The number of sulfonamides is 1. The van der Waals surface area contributed by atoms with Crippen LogP contribution in [-0.2, 0) is 19.6 Å². The number of amides is 1. The molecule has 2 N–H and O–H groups in total. The number of ether oxygens (including phenoxy) is 1. The molecule has 2 rings (SSSR count). The number of hydrogen-bond donors (Lipinski definition) is 2. The molecule has 2 aromatic rings. The van der Waals surface area contributed by atoms with Crippen molar-refractivity contribution in [3.8, 4) is 0 Å². The molecule has 0 aliphatic heterocycles. The number of esters is 1. The number of Topliss-reactive ketones (excluding diaryl/α,β-unsaturated/α-hetero) is 1. The quantitative estimate of drug-likeness (QED) is 0.552. The van der Waals surface area contributed by atoms with E-state index in [1.54, 1.807) is 24.3 Å². The maximum absolute atomic E-state index is 12.2. The van der Waals surface area contributed by atoms with Crippen molar-refractivity contribution in [2.45, 2.75) is 6.92 Å². The van der Waals surface area contributed by atoms with Crippen LogP contribution in [0, 0.1) is 0 Å². The van der Waals surface area contributed by atoms with Gasteiger partial charge in [0.05, 0.1) is 17.5 Å². The van der Waals surface area contributed by atoms with Crippen molar-refractivity contribution in [2.24, 2.45) is 0 Å². The summed E-state index contributed by atoms with van der Waals surface area (Å²) in [4.78, 5) is 35.3. The molecule has 27 heavy (non-hydrogen) atoms. The van der Waals surface area contributed by atoms with Gasteiger partial charge in [0.25, 0.3) is 0 Å². The molecule has 0 heterocycles. The standard InChI is InChI=1S/C18H18N2O6S/c1-12(21)19-14-9-7-13(8-10-14)17(22)11-26-18(23)15-5-3-4-6-16(15)20-27(2,24)25/h3-10,20H,11H2,1-2H3,(H,19,21). The Bertz CT molecular complexity index is 968. The fourth-order valence-electron chi connectivity index (χ4n) is 2.18. The van der Waals surface area contributed by atoms with Gasteiger partial charge in [-0.25, -0.2) is 13.2 Å². The number of carbonyl (C=O) groups is 3. The fourth-order valence-corrected chi connectivity index (χ4v) is 2.76. The second-order valence-corrected chi connectivity index (χ2v) is 7.43. The van der Waals surface area contributed by atoms with Crippen LogP contribution in [0.5, 0.6) is 0 Å². The van der Waals surface area contributed by atoms with E-state index in [1.807, 2.05) is 0 Å². The molecule has 2 aromatic carbocycles. The maximum Gasteiger partial charge on any atom is 0.340 e. The molecule has 142 valence electrons. The Morgan fingerprint density at radius 3 is 2.22 bits per heavy atom. The highest BCUT2D eigenvalue weighted by molar-refractivity contribution is 7.92. The SMILES string of the molecule is CC(=O)Nc1ccc(C(=O)COC(=O)c2ccccc2NS(C)(=O)=O)cc1. The number of anilines is 2. The zero-order valence-corrected chi connectivity index (χ0v) is 15.5. The zero-order chi connectivity index (χ0) is 20.0. The van der Waals surface area contributed by atoms with Gasteiger partial charge in [0.1, 0.15) is 0 Å². The molecule has 0 aromatic heterocycles. The lowest BCUT2D eigenvalue weighted by molar-refractivity contribution is -0.114. The molecule has 8 nitrogen and oxygen atoms in total. The van der Waals surface area contributed by atoms with Crippen LogP contribution in [0.4, 0.5) is 11.4 Å². The Kier molecular flexibility index (Phi) is 6.30. The average molecular weight is 390 g/mol. The third-order valence-corrected chi connectivity index (χ3v) is 3.89. The van der Waals surface area contributed by atoms with Crippen molar-refractivity contribution in [1.82, 2.24) is 0 Å². The molecule has 9 heteroatoms. The summed E-state index contributed by atoms with van der Waals surface area (Å²) in [7, 11) is -3.57. The van der Waals surface area contributed by atoms with Gasteiger partial charge in [-0.15, -0.1) is 0 Å². The Hall–Kier alpha value is -3.20. The third kappa shape index (κ3) is 6.23. The molecule has 0 unspecified atom stereocenters. The van der Waals surface area contributed by atoms with Crippen LogP contribution in [0.3, 0.4) is 0 Å². The highest BCUT2D eigenvalue weighted by atomic mass is 32.2. The van der Waals surface area contributed by atoms with Gasteiger partial charge in [0, 0.05) is 18.2 Å². The maximum atomic E-state index is 12.2. The van der Waals surface area contributed by atoms with E-state index < -0.39 is 28.4 Å². The number of nitrogens with one attached hydrogen (secondary N) is 2. The van der Waals surface area contributed by atoms with E-state index in [0.29, 0.717) is 11.3 Å². The number of benzene rings is 2. The first-order valence-electron chi connectivity index (χ1n) is 7.80. The predicted molar refractivity (Wildman–Crippen MR) is 100 cm³/mol. The molecule has 0 saturated heterocycles. The van der Waals surface area contributed by atoms with E-state index in [-0.39, 0.29) is 17.2 Å². The topological polar surface area (TPSA) is 119 Å². The molecule has 0 aliphatic carbocycles. The molecule has 0 radical (unpaired) electrons. The van der Waals surface area contributed by atoms with E-state index in [2.05, 4.69) is 10.0 Å². The average Bonchev–Trinajstić information content (AvgIpc) is 2.58. The van der Waals surface area contributed by atoms with Crippen molar-refractivity contribution in [1.29, 1.82) is 0 Å². The molecule has 0 fully saturated rings. The second kappa shape index (κ2) is 8.45. The van der Waals surface area contributed by atoms with Crippen LogP contribution in [0.25, 0.3) is 0 Å². The summed E-state index contributed by atoms with van der Waals surface area (Å²) in [6.45, 7) is 0.862. The zero-order valence-electron chi connectivity index (χ0n) is 14.7. The monoisotopic (exact) mass is 390 g/mol. The molecule has 0 spiro atoms. The largest absolute Gasteiger partial charge is 0.454 e. The smallest absolute Gasteiger partial charge is 0.340 e. The lowest BCUT2D eigenvalue weighted by atomic mass is 10.1. The fraction of sp³-hybridized carbons (Fsp3) is 0.167. The van der Waals surface area contributed by atoms with Gasteiger partial charge >= 0.3 is 5.97 Å². The summed E-state index contributed by atoms with van der Waals surface area (Å²) < 4.78 is 30.0. The van der Waals surface area contributed by atoms with Crippen LogP contribution in [0.15, 0.2) is 48.5 Å². The van der Waals surface area contributed by atoms with Gasteiger partial charge in [-0.2, -0.15) is 0 Å². The van der Waals surface area contributed by atoms with Crippen molar-refractivity contribution in [2.75, 3.05) is 22.9 Å². The van der Waals surface area contributed by atoms with Gasteiger partial charge in [-0.1, -0.05) is 12.1 Å². The first-order valence-corrected chi connectivity index (χ1v) is 9.69. The summed E-state index contributed by atoms with van der Waals surface area (Å²) in [5.74, 6) is -1.50. The van der Waals surface area contributed by atoms with Crippen molar-refractivity contribution >= 4 is 39.1 Å². The van der Waals surface area contributed by atoms with Gasteiger partial charge in [-0.05, 0) is 36.4 Å². The van der Waals surface area contributed by atoms with Gasteiger partial charge in [0.2, 0.25) is 15.9 Å². The molecular weight excluding hydrogens is 372 g/mol. The van der Waals surface area contributed by atoms with E-state index in [4.69, 9.17) is 4.74 Å². The number of para-hydroxylation sites is 1. The molecular formula is C18H18N2O6S. The van der Waals surface area contributed by atoms with Crippen LogP contribution >= 0.6 is 0 Å². The predicted octanol–water partition coefficient (Wildman–Crippen LogP) is 2.06. The first kappa shape index (κ1) is 20.1. The summed E-state index contributed by atoms with van der Waals surface area (Å²) in [6.07, 6.45) is 0.962. The van der Waals surface area contributed by atoms with E-state index >= 15 is 0 Å². The Labute approximate surface area is 156 Å². The van der Waals surface area contributed by atoms with Crippen molar-refractivity contribution in [3.05, 3.63) is 59.7 Å². The van der Waals surface area contributed by atoms with Crippen LogP contribution in [0.1, 0.15) is 27.6 Å². The lowest BCUT2D eigenvalue weighted by Crippen LogP contribution is -2.17. The minimum absolute atomic E-state index is 0.00303. The minimum atomic E-state index is -3.57. The van der Waals surface area contributed by atoms with Crippen molar-refractivity contribution < 1.29 is 27.5 Å². The molecule has 0 aliphatic rings. The molecule has 0 saturated carbocycles. The van der Waals surface area contributed by atoms with E-state index in [1.165, 1.54) is 31.2 Å². The van der Waals surface area contributed by atoms with Crippen LogP contribution in [-0.4, -0.2) is 38.9 Å². The van der Waals surface area contributed by atoms with Crippen LogP contribution in [0.2, 0.25) is 0 Å². The highest BCUT2D eigenvalue weighted by Crippen LogP contribution is 2.18. The van der Waals surface area contributed by atoms with Gasteiger partial charge in [-0.3, -0.25) is 14.3 Å². The first-order chi connectivity index (χ1) is 12.7. The van der Waals surface area contributed by atoms with E-state index in [0.717, 1.165) is 6.26 Å². The summed E-state index contributed by atoms with van der Waals surface area (Å²) in [5.41, 5.74) is 0.908. The number of carbonyl (C=O) groups excluding carboxylic acids is 3. The second-order valence-electron chi connectivity index (χ2n) is 5.68. The molecule has 0 bridgehead atoms. The minimum Gasteiger partial charge on any atom is -0.454 e. The van der Waals surface area contributed by atoms with E-state index in [9.17, 15) is 22.8 Å². The highest BCUT2D eigenvalue weighted by Gasteiger charge is 2.17.